The Labute approximate surface area is 205 Å². The third kappa shape index (κ3) is 4.12. The Morgan fingerprint density at radius 2 is 1.78 bits per heavy atom. The Balaban J connectivity index is 2.06. The third-order valence-electron chi connectivity index (χ3n) is 5.98. The summed E-state index contributed by atoms with van der Waals surface area (Å²) in [4.78, 5) is 19.3. The molecule has 0 saturated heterocycles. The van der Waals surface area contributed by atoms with Crippen LogP contribution in [0.2, 0.25) is 0 Å². The van der Waals surface area contributed by atoms with Gasteiger partial charge in [-0.1, -0.05) is 12.1 Å². The second-order valence-corrected chi connectivity index (χ2v) is 10.3. The van der Waals surface area contributed by atoms with Crippen LogP contribution in [0.1, 0.15) is 25.0 Å². The van der Waals surface area contributed by atoms with Crippen LogP contribution in [0.3, 0.4) is 0 Å². The van der Waals surface area contributed by atoms with Gasteiger partial charge in [-0.15, -0.1) is 0 Å². The highest BCUT2D eigenvalue weighted by Crippen LogP contribution is 2.49. The summed E-state index contributed by atoms with van der Waals surface area (Å²) in [6.07, 6.45) is 0. The zero-order valence-corrected chi connectivity index (χ0v) is 20.0. The number of benzene rings is 3. The maximum absolute atomic E-state index is 12.1. The number of carbonyl (C=O) groups is 1. The zero-order valence-electron chi connectivity index (χ0n) is 19.2. The summed E-state index contributed by atoms with van der Waals surface area (Å²) in [5, 5.41) is 45.1. The van der Waals surface area contributed by atoms with Crippen molar-refractivity contribution in [3.63, 3.8) is 0 Å². The molecule has 3 aromatic carbocycles. The van der Waals surface area contributed by atoms with Crippen LogP contribution in [0.25, 0.3) is 33.5 Å². The fourth-order valence-electron chi connectivity index (χ4n) is 3.84. The first-order valence-electron chi connectivity index (χ1n) is 10.5. The maximum atomic E-state index is 12.1. The number of aromatic nitrogens is 2. The normalized spacial score (nSPS) is 12.1. The molecule has 0 aliphatic carbocycles. The van der Waals surface area contributed by atoms with E-state index in [1.54, 1.807) is 18.2 Å². The van der Waals surface area contributed by atoms with Crippen molar-refractivity contribution in [2.24, 2.45) is 10.9 Å². The average molecular weight is 510 g/mol. The molecule has 0 fully saturated rings. The number of rotatable bonds is 6. The Morgan fingerprint density at radius 3 is 2.39 bits per heavy atom. The van der Waals surface area contributed by atoms with E-state index < -0.39 is 32.9 Å². The van der Waals surface area contributed by atoms with Crippen LogP contribution in [0, 0.1) is 5.41 Å². The number of hydrogen-bond acceptors (Lipinski definition) is 7. The van der Waals surface area contributed by atoms with E-state index >= 15 is 0 Å². The van der Waals surface area contributed by atoms with Gasteiger partial charge in [0.15, 0.2) is 0 Å². The minimum Gasteiger partial charge on any atom is -0.507 e. The van der Waals surface area contributed by atoms with Gasteiger partial charge in [-0.2, -0.15) is 0 Å². The number of nitrogens with zero attached hydrogens (tertiary/aromatic N) is 1. The van der Waals surface area contributed by atoms with Gasteiger partial charge >= 0.3 is 5.97 Å². The quantitative estimate of drug-likeness (QED) is 0.151. The van der Waals surface area contributed by atoms with Crippen LogP contribution >= 0.6 is 0 Å². The molecule has 0 unspecified atom stereocenters. The lowest BCUT2D eigenvalue weighted by atomic mass is 9.81. The number of amidine groups is 1. The first-order valence-corrected chi connectivity index (χ1v) is 12.1. The molecule has 0 spiro atoms. The molecule has 0 radical (unpaired) electrons. The molecule has 0 aliphatic heterocycles. The van der Waals surface area contributed by atoms with Crippen LogP contribution in [0.5, 0.6) is 11.5 Å². The molecular formula is C24H23N5O6S. The molecule has 4 rings (SSSR count). The molecule has 36 heavy (non-hydrogen) atoms. The summed E-state index contributed by atoms with van der Waals surface area (Å²) < 4.78 is 23.8. The van der Waals surface area contributed by atoms with E-state index in [2.05, 4.69) is 9.97 Å². The SMILES string of the molecule is CC(C)(C(=O)O)c1cc(-c2nc3cc(C(=N)N)ccc3[nH]2)c(O)c(-c2cccc(S(N)(=O)=O)c2)c1O. The summed E-state index contributed by atoms with van der Waals surface area (Å²) in [6, 6.07) is 11.4. The van der Waals surface area contributed by atoms with Crippen molar-refractivity contribution in [1.82, 2.24) is 9.97 Å². The van der Waals surface area contributed by atoms with Gasteiger partial charge < -0.3 is 26.0 Å². The second kappa shape index (κ2) is 8.36. The minimum absolute atomic E-state index is 0.0383. The lowest BCUT2D eigenvalue weighted by Gasteiger charge is -2.24. The number of carboxylic acid groups (broad SMARTS) is 1. The Hall–Kier alpha value is -4.42. The van der Waals surface area contributed by atoms with Gasteiger partial charge in [0.1, 0.15) is 23.2 Å². The van der Waals surface area contributed by atoms with Gasteiger partial charge in [0, 0.05) is 11.1 Å². The molecule has 9 N–H and O–H groups in total. The number of hydrogen-bond donors (Lipinski definition) is 7. The second-order valence-electron chi connectivity index (χ2n) is 8.78. The Kier molecular flexibility index (Phi) is 5.73. The first-order chi connectivity index (χ1) is 16.7. The van der Waals surface area contributed by atoms with Crippen LogP contribution < -0.4 is 10.9 Å². The van der Waals surface area contributed by atoms with Gasteiger partial charge in [0.05, 0.1) is 32.5 Å². The Bertz CT molecular complexity index is 1670. The zero-order chi connectivity index (χ0) is 26.6. The fraction of sp³-hybridized carbons (Fsp3) is 0.125. The standard InChI is InChI=1S/C24H23N5O6S/c1-24(2,23(32)33)15-10-14(22-28-16-7-6-12(21(25)26)9-17(16)29-22)19(30)18(20(15)31)11-4-3-5-13(8-11)36(27,34)35/h3-10,30-31H,1-2H3,(H3,25,26)(H,28,29)(H,32,33)(H2,27,34,35). The number of aromatic amines is 1. The number of phenols is 2. The van der Waals surface area contributed by atoms with Crippen molar-refractivity contribution in [3.05, 3.63) is 59.7 Å². The summed E-state index contributed by atoms with van der Waals surface area (Å²) in [5.74, 6) is -2.25. The molecule has 1 heterocycles. The molecule has 12 heteroatoms. The van der Waals surface area contributed by atoms with Gasteiger partial charge in [0.2, 0.25) is 10.0 Å². The van der Waals surface area contributed by atoms with Crippen LogP contribution in [-0.4, -0.2) is 45.5 Å². The lowest BCUT2D eigenvalue weighted by Crippen LogP contribution is -2.28. The molecule has 0 atom stereocenters. The minimum atomic E-state index is -4.11. The van der Waals surface area contributed by atoms with E-state index in [-0.39, 0.29) is 38.8 Å². The number of aromatic hydroxyl groups is 2. The molecule has 186 valence electrons. The monoisotopic (exact) mass is 509 g/mol. The number of carboxylic acids is 1. The number of imidazole rings is 1. The van der Waals surface area contributed by atoms with Crippen molar-refractivity contribution in [3.8, 4) is 34.0 Å². The van der Waals surface area contributed by atoms with Crippen molar-refractivity contribution < 1.29 is 28.5 Å². The molecule has 0 bridgehead atoms. The number of aliphatic carboxylic acids is 1. The molecule has 0 amide bonds. The molecule has 0 aliphatic rings. The topological polar surface area (TPSA) is 216 Å². The molecule has 0 saturated carbocycles. The van der Waals surface area contributed by atoms with E-state index in [0.29, 0.717) is 16.6 Å². The first kappa shape index (κ1) is 24.7. The van der Waals surface area contributed by atoms with Gasteiger partial charge in [-0.05, 0) is 55.8 Å². The number of phenolic OH excluding ortho intramolecular Hbond substituents is 2. The largest absolute Gasteiger partial charge is 0.507 e. The number of nitrogens with one attached hydrogen (secondary N) is 2. The van der Waals surface area contributed by atoms with Crippen molar-refractivity contribution >= 4 is 32.9 Å². The number of H-pyrrole nitrogens is 1. The van der Waals surface area contributed by atoms with E-state index in [4.69, 9.17) is 16.3 Å². The number of primary sulfonamides is 1. The Morgan fingerprint density at radius 1 is 1.08 bits per heavy atom. The predicted molar refractivity (Wildman–Crippen MR) is 133 cm³/mol. The van der Waals surface area contributed by atoms with E-state index in [9.17, 15) is 28.5 Å². The van der Waals surface area contributed by atoms with Gasteiger partial charge in [-0.3, -0.25) is 10.2 Å². The molecule has 11 nitrogen and oxygen atoms in total. The van der Waals surface area contributed by atoms with Crippen molar-refractivity contribution in [1.29, 1.82) is 5.41 Å². The number of fused-ring (bicyclic) bond motifs is 1. The summed E-state index contributed by atoms with van der Waals surface area (Å²) in [6.45, 7) is 2.76. The van der Waals surface area contributed by atoms with E-state index in [1.165, 1.54) is 44.2 Å². The fourth-order valence-corrected chi connectivity index (χ4v) is 4.40. The van der Waals surface area contributed by atoms with Gasteiger partial charge in [0.25, 0.3) is 0 Å². The highest BCUT2D eigenvalue weighted by Gasteiger charge is 2.36. The van der Waals surface area contributed by atoms with Crippen LogP contribution in [0.15, 0.2) is 53.4 Å². The van der Waals surface area contributed by atoms with E-state index in [0.717, 1.165) is 0 Å². The van der Waals surface area contributed by atoms with Crippen molar-refractivity contribution in [2.45, 2.75) is 24.2 Å². The molecule has 1 aromatic heterocycles. The van der Waals surface area contributed by atoms with Crippen LogP contribution in [0.4, 0.5) is 0 Å². The van der Waals surface area contributed by atoms with Gasteiger partial charge in [-0.25, -0.2) is 18.5 Å². The summed E-state index contributed by atoms with van der Waals surface area (Å²) >= 11 is 0. The third-order valence-corrected chi connectivity index (χ3v) is 6.89. The number of sulfonamides is 1. The smallest absolute Gasteiger partial charge is 0.313 e. The molecule has 4 aromatic rings. The van der Waals surface area contributed by atoms with E-state index in [1.807, 2.05) is 0 Å². The highest BCUT2D eigenvalue weighted by atomic mass is 32.2. The van der Waals surface area contributed by atoms with Crippen LogP contribution in [-0.2, 0) is 20.2 Å². The summed E-state index contributed by atoms with van der Waals surface area (Å²) in [7, 11) is -4.11. The molecular weight excluding hydrogens is 486 g/mol. The van der Waals surface area contributed by atoms with Crippen molar-refractivity contribution in [2.75, 3.05) is 0 Å². The maximum Gasteiger partial charge on any atom is 0.313 e. The summed E-state index contributed by atoms with van der Waals surface area (Å²) in [5.41, 5.74) is 5.30. The highest BCUT2D eigenvalue weighted by molar-refractivity contribution is 7.89. The number of nitrogens with two attached hydrogens (primary N) is 2. The average Bonchev–Trinajstić information content (AvgIpc) is 3.21. The number of nitrogen functional groups attached to an aromatic ring is 1. The lowest BCUT2D eigenvalue weighted by molar-refractivity contribution is -0.142. The predicted octanol–water partition coefficient (Wildman–Crippen LogP) is 2.60.